The number of benzene rings is 2. The van der Waals surface area contributed by atoms with Crippen LogP contribution in [0, 0.1) is 0 Å². The number of ether oxygens (including phenoxy) is 1. The van der Waals surface area contributed by atoms with Crippen LogP contribution in [0.25, 0.3) is 0 Å². The van der Waals surface area contributed by atoms with E-state index in [2.05, 4.69) is 25.4 Å². The number of carbonyl (C=O) groups is 2. The second kappa shape index (κ2) is 8.57. The first-order valence-corrected chi connectivity index (χ1v) is 9.96. The number of ketones is 1. The molecule has 0 saturated carbocycles. The highest BCUT2D eigenvalue weighted by molar-refractivity contribution is 9.10. The van der Waals surface area contributed by atoms with E-state index in [0.717, 1.165) is 4.47 Å². The maximum absolute atomic E-state index is 12.7. The van der Waals surface area contributed by atoms with E-state index in [1.165, 1.54) is 38.3 Å². The molecule has 0 aliphatic carbocycles. The van der Waals surface area contributed by atoms with Crippen molar-refractivity contribution in [2.75, 3.05) is 7.11 Å². The highest BCUT2D eigenvalue weighted by Gasteiger charge is 2.24. The Morgan fingerprint density at radius 1 is 1.08 bits per heavy atom. The third-order valence-electron chi connectivity index (χ3n) is 3.74. The second-order valence-corrected chi connectivity index (χ2v) is 8.22. The molecule has 0 aliphatic heterocycles. The minimum atomic E-state index is -3.89. The Morgan fingerprint density at radius 2 is 1.65 bits per heavy atom. The molecule has 0 radical (unpaired) electrons. The minimum Gasteiger partial charge on any atom is -0.469 e. The molecule has 0 saturated heterocycles. The van der Waals surface area contributed by atoms with E-state index in [4.69, 9.17) is 0 Å². The number of esters is 1. The SMILES string of the molecule is COC(=O)C[C@@H](NS(=O)(=O)c1ccc(C(C)=O)cc1)c1ccc(Br)cc1. The van der Waals surface area contributed by atoms with Crippen LogP contribution < -0.4 is 4.72 Å². The predicted molar refractivity (Wildman–Crippen MR) is 100 cm³/mol. The Hall–Kier alpha value is -2.03. The van der Waals surface area contributed by atoms with Crippen molar-refractivity contribution in [3.8, 4) is 0 Å². The fraction of sp³-hybridized carbons (Fsp3) is 0.222. The van der Waals surface area contributed by atoms with E-state index in [0.29, 0.717) is 11.1 Å². The lowest BCUT2D eigenvalue weighted by molar-refractivity contribution is -0.141. The van der Waals surface area contributed by atoms with Gasteiger partial charge < -0.3 is 4.74 Å². The van der Waals surface area contributed by atoms with Gasteiger partial charge >= 0.3 is 5.97 Å². The van der Waals surface area contributed by atoms with Crippen LogP contribution in [0.3, 0.4) is 0 Å². The van der Waals surface area contributed by atoms with E-state index in [-0.39, 0.29) is 17.1 Å². The minimum absolute atomic E-state index is 0.00878. The normalized spacial score (nSPS) is 12.4. The van der Waals surface area contributed by atoms with Crippen molar-refractivity contribution in [1.29, 1.82) is 0 Å². The van der Waals surface area contributed by atoms with Crippen LogP contribution >= 0.6 is 15.9 Å². The highest BCUT2D eigenvalue weighted by atomic mass is 79.9. The van der Waals surface area contributed by atoms with Gasteiger partial charge in [0.2, 0.25) is 10.0 Å². The van der Waals surface area contributed by atoms with Gasteiger partial charge in [-0.1, -0.05) is 40.2 Å². The molecule has 0 bridgehead atoms. The number of hydrogen-bond donors (Lipinski definition) is 1. The van der Waals surface area contributed by atoms with E-state index in [1.54, 1.807) is 24.3 Å². The zero-order valence-electron chi connectivity index (χ0n) is 14.2. The molecule has 2 aromatic rings. The first kappa shape index (κ1) is 20.3. The van der Waals surface area contributed by atoms with Gasteiger partial charge in [0.05, 0.1) is 24.5 Å². The molecule has 0 spiro atoms. The summed E-state index contributed by atoms with van der Waals surface area (Å²) in [5.41, 5.74) is 1.05. The molecule has 0 fully saturated rings. The van der Waals surface area contributed by atoms with Gasteiger partial charge in [-0.05, 0) is 36.8 Å². The molecule has 138 valence electrons. The van der Waals surface area contributed by atoms with E-state index >= 15 is 0 Å². The fourth-order valence-electron chi connectivity index (χ4n) is 2.30. The van der Waals surface area contributed by atoms with Crippen molar-refractivity contribution < 1.29 is 22.7 Å². The molecule has 0 aliphatic rings. The summed E-state index contributed by atoms with van der Waals surface area (Å²) in [5, 5.41) is 0. The summed E-state index contributed by atoms with van der Waals surface area (Å²) in [7, 11) is -2.65. The van der Waals surface area contributed by atoms with Crippen LogP contribution in [0.2, 0.25) is 0 Å². The lowest BCUT2D eigenvalue weighted by Gasteiger charge is -2.18. The smallest absolute Gasteiger partial charge is 0.307 e. The third-order valence-corrected chi connectivity index (χ3v) is 5.76. The Balaban J connectivity index is 2.31. The summed E-state index contributed by atoms with van der Waals surface area (Å²) in [6.07, 6.45) is -0.150. The average Bonchev–Trinajstić information content (AvgIpc) is 2.61. The van der Waals surface area contributed by atoms with E-state index in [9.17, 15) is 18.0 Å². The Kier molecular flexibility index (Phi) is 6.69. The van der Waals surface area contributed by atoms with Crippen LogP contribution in [-0.4, -0.2) is 27.3 Å². The number of rotatable bonds is 7. The first-order valence-electron chi connectivity index (χ1n) is 7.68. The van der Waals surface area contributed by atoms with Gasteiger partial charge in [-0.2, -0.15) is 0 Å². The maximum Gasteiger partial charge on any atom is 0.307 e. The number of sulfonamides is 1. The topological polar surface area (TPSA) is 89.5 Å². The van der Waals surface area contributed by atoms with Crippen LogP contribution in [-0.2, 0) is 19.6 Å². The standard InChI is InChI=1S/C18H18BrNO5S/c1-12(21)13-5-9-16(10-6-13)26(23,24)20-17(11-18(22)25-2)14-3-7-15(19)8-4-14/h3-10,17,20H,11H2,1-2H3/t17-/m1/s1. The Morgan fingerprint density at radius 3 is 2.15 bits per heavy atom. The van der Waals surface area contributed by atoms with Crippen molar-refractivity contribution in [2.45, 2.75) is 24.3 Å². The van der Waals surface area contributed by atoms with Gasteiger partial charge in [-0.25, -0.2) is 13.1 Å². The highest BCUT2D eigenvalue weighted by Crippen LogP contribution is 2.23. The molecule has 1 atom stereocenters. The molecule has 6 nitrogen and oxygen atoms in total. The molecule has 0 aromatic heterocycles. The second-order valence-electron chi connectivity index (χ2n) is 5.59. The molecule has 26 heavy (non-hydrogen) atoms. The summed E-state index contributed by atoms with van der Waals surface area (Å²) >= 11 is 3.32. The summed E-state index contributed by atoms with van der Waals surface area (Å²) in [4.78, 5) is 23.0. The van der Waals surface area contributed by atoms with E-state index in [1.807, 2.05) is 0 Å². The largest absolute Gasteiger partial charge is 0.469 e. The quantitative estimate of drug-likeness (QED) is 0.528. The summed E-state index contributed by atoms with van der Waals surface area (Å²) in [6.45, 7) is 1.40. The molecule has 0 heterocycles. The van der Waals surface area contributed by atoms with Crippen LogP contribution in [0.5, 0.6) is 0 Å². The van der Waals surface area contributed by atoms with Crippen molar-refractivity contribution in [3.05, 3.63) is 64.1 Å². The van der Waals surface area contributed by atoms with Gasteiger partial charge in [0.1, 0.15) is 0 Å². The van der Waals surface area contributed by atoms with Gasteiger partial charge in [0.15, 0.2) is 5.78 Å². The van der Waals surface area contributed by atoms with Gasteiger partial charge in [-0.3, -0.25) is 9.59 Å². The van der Waals surface area contributed by atoms with Crippen LogP contribution in [0.4, 0.5) is 0 Å². The predicted octanol–water partition coefficient (Wildman–Crippen LogP) is 3.23. The molecular formula is C18H18BrNO5S. The van der Waals surface area contributed by atoms with Gasteiger partial charge in [0.25, 0.3) is 0 Å². The summed E-state index contributed by atoms with van der Waals surface area (Å²) in [5.74, 6) is -0.687. The number of halogens is 1. The first-order chi connectivity index (χ1) is 12.2. The van der Waals surface area contributed by atoms with Gasteiger partial charge in [0, 0.05) is 10.0 Å². The lowest BCUT2D eigenvalue weighted by Crippen LogP contribution is -2.30. The summed E-state index contributed by atoms with van der Waals surface area (Å²) < 4.78 is 33.4. The van der Waals surface area contributed by atoms with Crippen LogP contribution in [0.1, 0.15) is 35.3 Å². The summed E-state index contributed by atoms with van der Waals surface area (Å²) in [6, 6.07) is 11.8. The Labute approximate surface area is 160 Å². The molecular weight excluding hydrogens is 422 g/mol. The fourth-order valence-corrected chi connectivity index (χ4v) is 3.79. The zero-order valence-corrected chi connectivity index (χ0v) is 16.6. The third kappa shape index (κ3) is 5.23. The number of hydrogen-bond acceptors (Lipinski definition) is 5. The molecule has 2 aromatic carbocycles. The van der Waals surface area contributed by atoms with Gasteiger partial charge in [-0.15, -0.1) is 0 Å². The van der Waals surface area contributed by atoms with Crippen molar-refractivity contribution in [3.63, 3.8) is 0 Å². The Bertz CT molecular complexity index is 892. The number of Topliss-reactive ketones (excluding diaryl/α,β-unsaturated/α-hetero) is 1. The maximum atomic E-state index is 12.7. The molecule has 0 unspecified atom stereocenters. The number of nitrogens with one attached hydrogen (secondary N) is 1. The number of methoxy groups -OCH3 is 1. The number of carbonyl (C=O) groups excluding carboxylic acids is 2. The lowest BCUT2D eigenvalue weighted by atomic mass is 10.1. The van der Waals surface area contributed by atoms with E-state index < -0.39 is 22.0 Å². The van der Waals surface area contributed by atoms with Crippen LogP contribution in [0.15, 0.2) is 57.9 Å². The molecule has 8 heteroatoms. The molecule has 2 rings (SSSR count). The molecule has 1 N–H and O–H groups in total. The van der Waals surface area contributed by atoms with Crippen molar-refractivity contribution in [2.24, 2.45) is 0 Å². The van der Waals surface area contributed by atoms with Crippen molar-refractivity contribution in [1.82, 2.24) is 4.72 Å². The molecule has 0 amide bonds. The average molecular weight is 440 g/mol. The monoisotopic (exact) mass is 439 g/mol. The van der Waals surface area contributed by atoms with Crippen molar-refractivity contribution >= 4 is 37.7 Å². The zero-order chi connectivity index (χ0) is 19.3.